The largest absolute Gasteiger partial charge is 0.297 e. The summed E-state index contributed by atoms with van der Waals surface area (Å²) in [6.45, 7) is 10.3. The molecule has 100 valence electrons. The van der Waals surface area contributed by atoms with Crippen LogP contribution >= 0.6 is 0 Å². The fourth-order valence-electron chi connectivity index (χ4n) is 2.92. The molecule has 1 fully saturated rings. The second kappa shape index (κ2) is 6.36. The zero-order valence-electron chi connectivity index (χ0n) is 11.6. The molecule has 3 N–H and O–H groups in total. The zero-order valence-corrected chi connectivity index (χ0v) is 11.6. The Labute approximate surface area is 105 Å². The number of piperidine rings is 1. The van der Waals surface area contributed by atoms with Gasteiger partial charge in [-0.3, -0.25) is 15.1 Å². The van der Waals surface area contributed by atoms with Crippen molar-refractivity contribution in [3.05, 3.63) is 0 Å². The predicted octanol–water partition coefficient (Wildman–Crippen LogP) is 1.51. The number of carbonyl (C=O) groups is 1. The van der Waals surface area contributed by atoms with E-state index < -0.39 is 0 Å². The minimum absolute atomic E-state index is 0.0670. The molecule has 0 aromatic carbocycles. The summed E-state index contributed by atoms with van der Waals surface area (Å²) < 4.78 is 0. The normalized spacial score (nSPS) is 32.2. The van der Waals surface area contributed by atoms with Gasteiger partial charge in [0, 0.05) is 25.0 Å². The molecule has 0 radical (unpaired) electrons. The molecule has 1 aliphatic heterocycles. The Balaban J connectivity index is 2.48. The lowest BCUT2D eigenvalue weighted by Crippen LogP contribution is -2.50. The van der Waals surface area contributed by atoms with E-state index >= 15 is 0 Å². The van der Waals surface area contributed by atoms with Crippen molar-refractivity contribution in [3.63, 3.8) is 0 Å². The lowest BCUT2D eigenvalue weighted by molar-refractivity contribution is -0.121. The van der Waals surface area contributed by atoms with E-state index in [4.69, 9.17) is 5.84 Å². The molecule has 17 heavy (non-hydrogen) atoms. The maximum atomic E-state index is 11.2. The molecule has 4 atom stereocenters. The Morgan fingerprint density at radius 3 is 2.71 bits per heavy atom. The summed E-state index contributed by atoms with van der Waals surface area (Å²) in [5.74, 6) is 6.52. The Kier molecular flexibility index (Phi) is 5.40. The standard InChI is InChI=1S/C13H27N3O/c1-9-7-10(2)12(4)16(8-9)11(3)5-6-13(17)15-14/h9-12H,5-8,14H2,1-4H3,(H,15,17). The summed E-state index contributed by atoms with van der Waals surface area (Å²) in [6, 6.07) is 1.06. The topological polar surface area (TPSA) is 58.4 Å². The van der Waals surface area contributed by atoms with Crippen LogP contribution in [0.1, 0.15) is 47.0 Å². The molecule has 1 aliphatic rings. The number of hydrogen-bond acceptors (Lipinski definition) is 3. The smallest absolute Gasteiger partial charge is 0.233 e. The monoisotopic (exact) mass is 241 g/mol. The molecule has 1 heterocycles. The van der Waals surface area contributed by atoms with E-state index in [1.807, 2.05) is 0 Å². The van der Waals surface area contributed by atoms with Gasteiger partial charge < -0.3 is 0 Å². The average molecular weight is 241 g/mol. The third-order valence-electron chi connectivity index (χ3n) is 4.16. The van der Waals surface area contributed by atoms with E-state index in [-0.39, 0.29) is 5.91 Å². The summed E-state index contributed by atoms with van der Waals surface area (Å²) in [4.78, 5) is 13.7. The van der Waals surface area contributed by atoms with Gasteiger partial charge >= 0.3 is 0 Å². The third kappa shape index (κ3) is 3.96. The number of nitrogens with one attached hydrogen (secondary N) is 1. The summed E-state index contributed by atoms with van der Waals surface area (Å²) in [7, 11) is 0. The van der Waals surface area contributed by atoms with Gasteiger partial charge in [-0.15, -0.1) is 0 Å². The molecule has 0 aliphatic carbocycles. The molecule has 4 nitrogen and oxygen atoms in total. The lowest BCUT2D eigenvalue weighted by atomic mass is 9.84. The molecular weight excluding hydrogens is 214 g/mol. The minimum atomic E-state index is -0.0670. The number of carbonyl (C=O) groups excluding carboxylic acids is 1. The summed E-state index contributed by atoms with van der Waals surface area (Å²) in [5.41, 5.74) is 2.19. The van der Waals surface area contributed by atoms with Gasteiger partial charge in [-0.05, 0) is 38.5 Å². The number of likely N-dealkylation sites (tertiary alicyclic amines) is 1. The SMILES string of the molecule is CC1CC(C)C(C)N(C(C)CCC(=O)NN)C1. The molecule has 0 bridgehead atoms. The summed E-state index contributed by atoms with van der Waals surface area (Å²) in [5, 5.41) is 0. The highest BCUT2D eigenvalue weighted by Gasteiger charge is 2.31. The van der Waals surface area contributed by atoms with Gasteiger partial charge in [-0.25, -0.2) is 5.84 Å². The van der Waals surface area contributed by atoms with Crippen molar-refractivity contribution in [2.45, 2.75) is 59.0 Å². The highest BCUT2D eigenvalue weighted by molar-refractivity contribution is 5.75. The molecule has 0 saturated carbocycles. The van der Waals surface area contributed by atoms with Gasteiger partial charge in [0.15, 0.2) is 0 Å². The van der Waals surface area contributed by atoms with Crippen LogP contribution in [0, 0.1) is 11.8 Å². The minimum Gasteiger partial charge on any atom is -0.297 e. The second-order valence-corrected chi connectivity index (χ2v) is 5.71. The third-order valence-corrected chi connectivity index (χ3v) is 4.16. The van der Waals surface area contributed by atoms with E-state index in [2.05, 4.69) is 38.0 Å². The number of nitrogens with zero attached hydrogens (tertiary/aromatic N) is 1. The van der Waals surface area contributed by atoms with Gasteiger partial charge in [0.2, 0.25) is 5.91 Å². The molecule has 4 unspecified atom stereocenters. The van der Waals surface area contributed by atoms with Crippen molar-refractivity contribution in [2.75, 3.05) is 6.54 Å². The van der Waals surface area contributed by atoms with Crippen LogP contribution in [0.2, 0.25) is 0 Å². The van der Waals surface area contributed by atoms with Crippen LogP contribution in [0.4, 0.5) is 0 Å². The van der Waals surface area contributed by atoms with E-state index in [1.165, 1.54) is 6.42 Å². The van der Waals surface area contributed by atoms with Crippen molar-refractivity contribution in [2.24, 2.45) is 17.7 Å². The maximum absolute atomic E-state index is 11.2. The van der Waals surface area contributed by atoms with Gasteiger partial charge in [0.25, 0.3) is 0 Å². The van der Waals surface area contributed by atoms with Gasteiger partial charge in [0.05, 0.1) is 0 Å². The van der Waals surface area contributed by atoms with Crippen LogP contribution in [0.15, 0.2) is 0 Å². The van der Waals surface area contributed by atoms with Crippen LogP contribution in [0.5, 0.6) is 0 Å². The summed E-state index contributed by atoms with van der Waals surface area (Å²) in [6.07, 6.45) is 2.71. The molecular formula is C13H27N3O. The highest BCUT2D eigenvalue weighted by atomic mass is 16.2. The lowest BCUT2D eigenvalue weighted by Gasteiger charge is -2.44. The number of amides is 1. The fraction of sp³-hybridized carbons (Fsp3) is 0.923. The predicted molar refractivity (Wildman–Crippen MR) is 70.1 cm³/mol. The van der Waals surface area contributed by atoms with Crippen molar-refractivity contribution in [3.8, 4) is 0 Å². The first-order valence-electron chi connectivity index (χ1n) is 6.70. The molecule has 0 aromatic rings. The van der Waals surface area contributed by atoms with E-state index in [0.717, 1.165) is 24.8 Å². The quantitative estimate of drug-likeness (QED) is 0.445. The average Bonchev–Trinajstić information content (AvgIpc) is 2.30. The highest BCUT2D eigenvalue weighted by Crippen LogP contribution is 2.29. The van der Waals surface area contributed by atoms with Crippen LogP contribution in [-0.4, -0.2) is 29.4 Å². The Morgan fingerprint density at radius 1 is 1.47 bits per heavy atom. The van der Waals surface area contributed by atoms with E-state index in [0.29, 0.717) is 18.5 Å². The molecule has 1 amide bonds. The molecule has 0 spiro atoms. The number of rotatable bonds is 4. The Morgan fingerprint density at radius 2 is 2.12 bits per heavy atom. The first kappa shape index (κ1) is 14.5. The molecule has 1 saturated heterocycles. The first-order chi connectivity index (χ1) is 7.95. The Hall–Kier alpha value is -0.610. The van der Waals surface area contributed by atoms with Crippen molar-refractivity contribution in [1.82, 2.24) is 10.3 Å². The molecule has 0 aromatic heterocycles. The second-order valence-electron chi connectivity index (χ2n) is 5.71. The molecule has 1 rings (SSSR count). The van der Waals surface area contributed by atoms with Crippen LogP contribution in [-0.2, 0) is 4.79 Å². The van der Waals surface area contributed by atoms with Gasteiger partial charge in [-0.2, -0.15) is 0 Å². The fourth-order valence-corrected chi connectivity index (χ4v) is 2.92. The zero-order chi connectivity index (χ0) is 13.0. The summed E-state index contributed by atoms with van der Waals surface area (Å²) >= 11 is 0. The number of hydrazine groups is 1. The molecule has 4 heteroatoms. The van der Waals surface area contributed by atoms with Crippen molar-refractivity contribution < 1.29 is 4.79 Å². The van der Waals surface area contributed by atoms with Crippen LogP contribution < -0.4 is 11.3 Å². The van der Waals surface area contributed by atoms with Gasteiger partial charge in [-0.1, -0.05) is 13.8 Å². The van der Waals surface area contributed by atoms with Crippen molar-refractivity contribution >= 4 is 5.91 Å². The van der Waals surface area contributed by atoms with Gasteiger partial charge in [0.1, 0.15) is 0 Å². The first-order valence-corrected chi connectivity index (χ1v) is 6.70. The van der Waals surface area contributed by atoms with E-state index in [9.17, 15) is 4.79 Å². The maximum Gasteiger partial charge on any atom is 0.233 e. The van der Waals surface area contributed by atoms with Crippen LogP contribution in [0.3, 0.4) is 0 Å². The van der Waals surface area contributed by atoms with E-state index in [1.54, 1.807) is 0 Å². The van der Waals surface area contributed by atoms with Crippen LogP contribution in [0.25, 0.3) is 0 Å². The Bertz CT molecular complexity index is 257. The number of hydrogen-bond donors (Lipinski definition) is 2. The number of nitrogens with two attached hydrogens (primary N) is 1. The van der Waals surface area contributed by atoms with Crippen molar-refractivity contribution in [1.29, 1.82) is 0 Å².